The maximum absolute atomic E-state index is 11.8. The third kappa shape index (κ3) is 3.91. The molecule has 0 N–H and O–H groups in total. The van der Waals surface area contributed by atoms with E-state index in [4.69, 9.17) is 9.47 Å². The molecule has 0 saturated heterocycles. The molecule has 0 spiro atoms. The van der Waals surface area contributed by atoms with E-state index in [1.807, 2.05) is 39.2 Å². The van der Waals surface area contributed by atoms with Crippen molar-refractivity contribution in [3.63, 3.8) is 0 Å². The minimum atomic E-state index is -0.341. The highest BCUT2D eigenvalue weighted by molar-refractivity contribution is 5.85. The van der Waals surface area contributed by atoms with Gasteiger partial charge in [-0.2, -0.15) is 0 Å². The predicted octanol–water partition coefficient (Wildman–Crippen LogP) is 3.08. The molecule has 1 heterocycles. The number of ether oxygens (including phenoxy) is 2. The molecule has 0 unspecified atom stereocenters. The van der Waals surface area contributed by atoms with Crippen LogP contribution in [0.25, 0.3) is 0 Å². The quantitative estimate of drug-likeness (QED) is 0.855. The average molecular weight is 329 g/mol. The maximum Gasteiger partial charge on any atom is 0.414 e. The average Bonchev–Trinajstić information content (AvgIpc) is 2.45. The zero-order valence-electron chi connectivity index (χ0n) is 13.8. The largest absolute Gasteiger partial charge is 0.414 e. The molecule has 0 aromatic heterocycles. The number of likely N-dealkylation sites (N-methyl/N-ethyl adjacent to an activating group) is 1. The predicted molar refractivity (Wildman–Crippen MR) is 88.7 cm³/mol. The summed E-state index contributed by atoms with van der Waals surface area (Å²) in [5.74, 6) is 0.565. The topological polar surface area (TPSA) is 42.0 Å². The summed E-state index contributed by atoms with van der Waals surface area (Å²) in [7, 11) is 5.81. The van der Waals surface area contributed by atoms with Crippen LogP contribution in [0.1, 0.15) is 31.0 Å². The van der Waals surface area contributed by atoms with Gasteiger partial charge in [0.1, 0.15) is 5.75 Å². The Balaban J connectivity index is 0.00000242. The molecule has 0 bridgehead atoms. The smallest absolute Gasteiger partial charge is 0.410 e. The number of hydrogen-bond donors (Lipinski definition) is 0. The van der Waals surface area contributed by atoms with Crippen LogP contribution in [0.2, 0.25) is 0 Å². The minimum absolute atomic E-state index is 0. The van der Waals surface area contributed by atoms with Crippen molar-refractivity contribution in [3.8, 4) is 5.75 Å². The molecule has 0 fully saturated rings. The van der Waals surface area contributed by atoms with Gasteiger partial charge >= 0.3 is 6.09 Å². The lowest BCUT2D eigenvalue weighted by atomic mass is 9.93. The summed E-state index contributed by atoms with van der Waals surface area (Å²) in [6.07, 6.45) is -0.196. The van der Waals surface area contributed by atoms with Crippen molar-refractivity contribution in [3.05, 3.63) is 29.3 Å². The summed E-state index contributed by atoms with van der Waals surface area (Å²) in [6.45, 7) is 5.16. The SMILES string of the molecule is CCN(C)C(=O)Oc1ccc2c(c1)CO[C@@H](C)[C@H]2N(C)C.Cl. The molecule has 1 aliphatic rings. The summed E-state index contributed by atoms with van der Waals surface area (Å²) >= 11 is 0. The van der Waals surface area contributed by atoms with Crippen LogP contribution in [0.15, 0.2) is 18.2 Å². The van der Waals surface area contributed by atoms with E-state index >= 15 is 0 Å². The van der Waals surface area contributed by atoms with E-state index in [0.29, 0.717) is 18.9 Å². The molecule has 5 nitrogen and oxygen atoms in total. The van der Waals surface area contributed by atoms with Crippen molar-refractivity contribution in [1.29, 1.82) is 0 Å². The van der Waals surface area contributed by atoms with Gasteiger partial charge in [0, 0.05) is 13.6 Å². The lowest BCUT2D eigenvalue weighted by Gasteiger charge is -2.36. The molecule has 1 aliphatic heterocycles. The molecule has 0 saturated carbocycles. The number of carbonyl (C=O) groups excluding carboxylic acids is 1. The van der Waals surface area contributed by atoms with Crippen molar-refractivity contribution in [1.82, 2.24) is 9.80 Å². The van der Waals surface area contributed by atoms with Gasteiger partial charge in [-0.15, -0.1) is 12.4 Å². The van der Waals surface area contributed by atoms with E-state index < -0.39 is 0 Å². The van der Waals surface area contributed by atoms with Gasteiger partial charge in [-0.05, 0) is 51.2 Å². The molecular formula is C16H25ClN2O3. The monoisotopic (exact) mass is 328 g/mol. The van der Waals surface area contributed by atoms with Gasteiger partial charge < -0.3 is 19.3 Å². The van der Waals surface area contributed by atoms with E-state index in [-0.39, 0.29) is 30.6 Å². The second-order valence-corrected chi connectivity index (χ2v) is 5.67. The Labute approximate surface area is 138 Å². The first-order valence-corrected chi connectivity index (χ1v) is 7.27. The molecule has 1 aromatic carbocycles. The number of nitrogens with zero attached hydrogens (tertiary/aromatic N) is 2. The zero-order chi connectivity index (χ0) is 15.6. The number of carbonyl (C=O) groups is 1. The molecule has 0 aliphatic carbocycles. The lowest BCUT2D eigenvalue weighted by molar-refractivity contribution is -0.0168. The number of hydrogen-bond acceptors (Lipinski definition) is 4. The first kappa shape index (κ1) is 18.7. The van der Waals surface area contributed by atoms with Gasteiger partial charge in [0.2, 0.25) is 0 Å². The van der Waals surface area contributed by atoms with Gasteiger partial charge in [0.15, 0.2) is 0 Å². The molecular weight excluding hydrogens is 304 g/mol. The summed E-state index contributed by atoms with van der Waals surface area (Å²) in [5.41, 5.74) is 2.32. The Morgan fingerprint density at radius 2 is 2.05 bits per heavy atom. The highest BCUT2D eigenvalue weighted by atomic mass is 35.5. The summed E-state index contributed by atoms with van der Waals surface area (Å²) < 4.78 is 11.2. The second kappa shape index (κ2) is 7.81. The van der Waals surface area contributed by atoms with Gasteiger partial charge in [0.05, 0.1) is 18.8 Å². The molecule has 2 rings (SSSR count). The molecule has 0 radical (unpaired) electrons. The number of benzene rings is 1. The van der Waals surface area contributed by atoms with Crippen molar-refractivity contribution < 1.29 is 14.3 Å². The van der Waals surface area contributed by atoms with Crippen molar-refractivity contribution in [2.75, 3.05) is 27.7 Å². The Morgan fingerprint density at radius 1 is 1.36 bits per heavy atom. The van der Waals surface area contributed by atoms with E-state index in [2.05, 4.69) is 11.8 Å². The van der Waals surface area contributed by atoms with Crippen molar-refractivity contribution in [2.24, 2.45) is 0 Å². The highest BCUT2D eigenvalue weighted by Crippen LogP contribution is 2.34. The van der Waals surface area contributed by atoms with E-state index in [0.717, 1.165) is 5.56 Å². The Kier molecular flexibility index (Phi) is 6.66. The van der Waals surface area contributed by atoms with Crippen LogP contribution < -0.4 is 4.74 Å². The van der Waals surface area contributed by atoms with Gasteiger partial charge in [-0.25, -0.2) is 4.79 Å². The molecule has 124 valence electrons. The standard InChI is InChI=1S/C16H24N2O3.ClH/c1-6-18(5)16(19)21-13-7-8-14-12(9-13)10-20-11(2)15(14)17(3)4;/h7-9,11,15H,6,10H2,1-5H3;1H/t11-,15+;/m0./s1. The lowest BCUT2D eigenvalue weighted by Crippen LogP contribution is -2.35. The summed E-state index contributed by atoms with van der Waals surface area (Å²) in [4.78, 5) is 15.5. The Hall–Kier alpha value is -1.30. The fourth-order valence-corrected chi connectivity index (χ4v) is 2.63. The van der Waals surface area contributed by atoms with Gasteiger partial charge in [0.25, 0.3) is 0 Å². The Bertz CT molecular complexity index is 522. The van der Waals surface area contributed by atoms with Crippen LogP contribution in [0.4, 0.5) is 4.79 Å². The van der Waals surface area contributed by atoms with Gasteiger partial charge in [-0.3, -0.25) is 0 Å². The van der Waals surface area contributed by atoms with Crippen LogP contribution in [0.5, 0.6) is 5.75 Å². The fraction of sp³-hybridized carbons (Fsp3) is 0.562. The van der Waals surface area contributed by atoms with Crippen LogP contribution in [-0.4, -0.2) is 49.7 Å². The summed E-state index contributed by atoms with van der Waals surface area (Å²) in [6, 6.07) is 6.01. The van der Waals surface area contributed by atoms with Crippen molar-refractivity contribution in [2.45, 2.75) is 32.6 Å². The molecule has 22 heavy (non-hydrogen) atoms. The number of amides is 1. The number of halogens is 1. The van der Waals surface area contributed by atoms with Crippen LogP contribution in [0.3, 0.4) is 0 Å². The fourth-order valence-electron chi connectivity index (χ4n) is 2.63. The second-order valence-electron chi connectivity index (χ2n) is 5.67. The molecule has 1 aromatic rings. The molecule has 2 atom stereocenters. The first-order valence-electron chi connectivity index (χ1n) is 7.27. The third-order valence-electron chi connectivity index (χ3n) is 3.93. The van der Waals surface area contributed by atoms with Crippen molar-refractivity contribution >= 4 is 18.5 Å². The summed E-state index contributed by atoms with van der Waals surface area (Å²) in [5, 5.41) is 0. The highest BCUT2D eigenvalue weighted by Gasteiger charge is 2.29. The zero-order valence-corrected chi connectivity index (χ0v) is 14.6. The van der Waals surface area contributed by atoms with Crippen LogP contribution >= 0.6 is 12.4 Å². The number of rotatable bonds is 3. The van der Waals surface area contributed by atoms with E-state index in [9.17, 15) is 4.79 Å². The molecule has 6 heteroatoms. The third-order valence-corrected chi connectivity index (χ3v) is 3.93. The molecule has 1 amide bonds. The van der Waals surface area contributed by atoms with Gasteiger partial charge in [-0.1, -0.05) is 6.07 Å². The normalized spacial score (nSPS) is 20.1. The minimum Gasteiger partial charge on any atom is -0.410 e. The van der Waals surface area contributed by atoms with E-state index in [1.165, 1.54) is 10.5 Å². The Morgan fingerprint density at radius 3 is 2.64 bits per heavy atom. The number of fused-ring (bicyclic) bond motifs is 1. The maximum atomic E-state index is 11.8. The van der Waals surface area contributed by atoms with Crippen LogP contribution in [0, 0.1) is 0 Å². The van der Waals surface area contributed by atoms with E-state index in [1.54, 1.807) is 7.05 Å². The first-order chi connectivity index (χ1) is 9.93. The van der Waals surface area contributed by atoms with Crippen LogP contribution in [-0.2, 0) is 11.3 Å².